The molecule has 4 N–H and O–H groups in total. The number of H-pyrrole nitrogens is 1. The second kappa shape index (κ2) is 5.21. The number of benzene rings is 2. The Balaban J connectivity index is 1.91. The van der Waals surface area contributed by atoms with Crippen molar-refractivity contribution in [1.82, 2.24) is 10.2 Å². The first-order chi connectivity index (χ1) is 10.6. The van der Waals surface area contributed by atoms with Crippen molar-refractivity contribution in [3.8, 4) is 5.75 Å². The lowest BCUT2D eigenvalue weighted by Crippen LogP contribution is -2.13. The topological polar surface area (TPSA) is 115 Å². The number of carboxylic acid groups (broad SMARTS) is 1. The summed E-state index contributed by atoms with van der Waals surface area (Å²) in [6.45, 7) is 0. The van der Waals surface area contributed by atoms with Crippen molar-refractivity contribution in [1.29, 1.82) is 0 Å². The molecule has 0 bridgehead atoms. The van der Waals surface area contributed by atoms with E-state index in [-0.39, 0.29) is 22.7 Å². The lowest BCUT2D eigenvalue weighted by molar-refractivity contribution is 0.0693. The van der Waals surface area contributed by atoms with E-state index in [2.05, 4.69) is 15.5 Å². The van der Waals surface area contributed by atoms with Crippen LogP contribution in [0.1, 0.15) is 20.8 Å². The zero-order valence-corrected chi connectivity index (χ0v) is 11.2. The van der Waals surface area contributed by atoms with E-state index in [4.69, 9.17) is 5.11 Å². The minimum atomic E-state index is -1.28. The number of para-hydroxylation sites is 1. The average molecular weight is 297 g/mol. The molecule has 3 aromatic rings. The van der Waals surface area contributed by atoms with Gasteiger partial charge in [-0.3, -0.25) is 9.89 Å². The van der Waals surface area contributed by atoms with Gasteiger partial charge in [0, 0.05) is 11.1 Å². The Morgan fingerprint density at radius 3 is 2.68 bits per heavy atom. The molecule has 0 radical (unpaired) electrons. The number of aromatic hydroxyl groups is 1. The third-order valence-electron chi connectivity index (χ3n) is 3.17. The largest absolute Gasteiger partial charge is 0.507 e. The van der Waals surface area contributed by atoms with Crippen molar-refractivity contribution >= 4 is 28.5 Å². The first kappa shape index (κ1) is 13.6. The van der Waals surface area contributed by atoms with Crippen LogP contribution in [-0.4, -0.2) is 32.3 Å². The van der Waals surface area contributed by atoms with Gasteiger partial charge in [0.2, 0.25) is 0 Å². The molecule has 0 atom stereocenters. The van der Waals surface area contributed by atoms with Gasteiger partial charge in [-0.05, 0) is 24.3 Å². The molecular formula is C15H11N3O4. The smallest absolute Gasteiger partial charge is 0.339 e. The molecule has 1 amide bonds. The molecule has 7 nitrogen and oxygen atoms in total. The summed E-state index contributed by atoms with van der Waals surface area (Å²) in [5.41, 5.74) is 0.905. The molecule has 22 heavy (non-hydrogen) atoms. The SMILES string of the molecule is O=C(O)c1cc(NC(=O)c2n[nH]c3ccccc23)ccc1O. The van der Waals surface area contributed by atoms with E-state index in [1.54, 1.807) is 18.2 Å². The molecule has 1 aromatic heterocycles. The number of aromatic carboxylic acids is 1. The summed E-state index contributed by atoms with van der Waals surface area (Å²) in [5.74, 6) is -2.12. The second-order valence-electron chi connectivity index (χ2n) is 4.61. The Morgan fingerprint density at radius 2 is 1.91 bits per heavy atom. The number of aromatic nitrogens is 2. The number of aromatic amines is 1. The van der Waals surface area contributed by atoms with E-state index in [9.17, 15) is 14.7 Å². The minimum absolute atomic E-state index is 0.209. The Bertz CT molecular complexity index is 885. The molecule has 0 saturated carbocycles. The van der Waals surface area contributed by atoms with Crippen LogP contribution in [0.5, 0.6) is 5.75 Å². The van der Waals surface area contributed by atoms with Crippen LogP contribution in [0, 0.1) is 0 Å². The number of rotatable bonds is 3. The summed E-state index contributed by atoms with van der Waals surface area (Å²) < 4.78 is 0. The first-order valence-electron chi connectivity index (χ1n) is 6.37. The van der Waals surface area contributed by atoms with Gasteiger partial charge in [-0.25, -0.2) is 4.79 Å². The van der Waals surface area contributed by atoms with Crippen LogP contribution >= 0.6 is 0 Å². The van der Waals surface area contributed by atoms with Crippen LogP contribution in [0.15, 0.2) is 42.5 Å². The monoisotopic (exact) mass is 297 g/mol. The molecule has 0 aliphatic carbocycles. The first-order valence-corrected chi connectivity index (χ1v) is 6.37. The molecule has 0 fully saturated rings. The number of amides is 1. The van der Waals surface area contributed by atoms with Crippen molar-refractivity contribution in [2.75, 3.05) is 5.32 Å². The summed E-state index contributed by atoms with van der Waals surface area (Å²) >= 11 is 0. The minimum Gasteiger partial charge on any atom is -0.507 e. The molecule has 7 heteroatoms. The normalized spacial score (nSPS) is 10.5. The fourth-order valence-corrected chi connectivity index (χ4v) is 2.11. The van der Waals surface area contributed by atoms with Crippen LogP contribution in [-0.2, 0) is 0 Å². The van der Waals surface area contributed by atoms with Gasteiger partial charge in [0.25, 0.3) is 5.91 Å². The highest BCUT2D eigenvalue weighted by Crippen LogP contribution is 2.22. The molecule has 2 aromatic carbocycles. The van der Waals surface area contributed by atoms with E-state index < -0.39 is 11.9 Å². The quantitative estimate of drug-likeness (QED) is 0.553. The Kier molecular flexibility index (Phi) is 3.23. The van der Waals surface area contributed by atoms with E-state index >= 15 is 0 Å². The summed E-state index contributed by atoms with van der Waals surface area (Å²) in [5, 5.41) is 28.4. The molecule has 0 aliphatic rings. The average Bonchev–Trinajstić information content (AvgIpc) is 2.93. The number of carbonyl (C=O) groups excluding carboxylic acids is 1. The zero-order chi connectivity index (χ0) is 15.7. The number of carbonyl (C=O) groups is 2. The van der Waals surface area contributed by atoms with E-state index in [1.807, 2.05) is 6.07 Å². The van der Waals surface area contributed by atoms with Gasteiger partial charge in [-0.15, -0.1) is 0 Å². The highest BCUT2D eigenvalue weighted by atomic mass is 16.4. The molecule has 3 rings (SSSR count). The van der Waals surface area contributed by atoms with Gasteiger partial charge < -0.3 is 15.5 Å². The standard InChI is InChI=1S/C15H11N3O4/c19-12-6-5-8(7-10(12)15(21)22)16-14(20)13-9-3-1-2-4-11(9)17-18-13/h1-7,19H,(H,16,20)(H,17,18)(H,21,22). The zero-order valence-electron chi connectivity index (χ0n) is 11.2. The second-order valence-corrected chi connectivity index (χ2v) is 4.61. The van der Waals surface area contributed by atoms with Gasteiger partial charge in [0.15, 0.2) is 5.69 Å². The summed E-state index contributed by atoms with van der Waals surface area (Å²) in [4.78, 5) is 23.2. The number of carboxylic acids is 1. The third-order valence-corrected chi connectivity index (χ3v) is 3.17. The maximum Gasteiger partial charge on any atom is 0.339 e. The van der Waals surface area contributed by atoms with Crippen LogP contribution in [0.3, 0.4) is 0 Å². The van der Waals surface area contributed by atoms with Gasteiger partial charge in [-0.2, -0.15) is 5.10 Å². The number of phenols is 1. The summed E-state index contributed by atoms with van der Waals surface area (Å²) in [7, 11) is 0. The maximum absolute atomic E-state index is 12.3. The number of nitrogens with zero attached hydrogens (tertiary/aromatic N) is 1. The molecular weight excluding hydrogens is 286 g/mol. The van der Waals surface area contributed by atoms with Crippen LogP contribution < -0.4 is 5.32 Å². The fourth-order valence-electron chi connectivity index (χ4n) is 2.11. The van der Waals surface area contributed by atoms with Crippen LogP contribution in [0.2, 0.25) is 0 Å². The van der Waals surface area contributed by atoms with Gasteiger partial charge >= 0.3 is 5.97 Å². The highest BCUT2D eigenvalue weighted by Gasteiger charge is 2.16. The molecule has 1 heterocycles. The predicted octanol–water partition coefficient (Wildman–Crippen LogP) is 2.22. The maximum atomic E-state index is 12.3. The van der Waals surface area contributed by atoms with Gasteiger partial charge in [-0.1, -0.05) is 18.2 Å². The predicted molar refractivity (Wildman–Crippen MR) is 79.1 cm³/mol. The Labute approximate surface area is 124 Å². The summed E-state index contributed by atoms with van der Waals surface area (Å²) in [6.07, 6.45) is 0. The van der Waals surface area contributed by atoms with Crippen molar-refractivity contribution in [3.63, 3.8) is 0 Å². The lowest BCUT2D eigenvalue weighted by Gasteiger charge is -2.06. The lowest BCUT2D eigenvalue weighted by atomic mass is 10.1. The summed E-state index contributed by atoms with van der Waals surface area (Å²) in [6, 6.07) is 11.0. The number of anilines is 1. The Hall–Kier alpha value is -3.35. The van der Waals surface area contributed by atoms with Crippen molar-refractivity contribution in [3.05, 3.63) is 53.7 Å². The molecule has 0 saturated heterocycles. The van der Waals surface area contributed by atoms with Gasteiger partial charge in [0.05, 0.1) is 5.52 Å². The Morgan fingerprint density at radius 1 is 1.14 bits per heavy atom. The number of hydrogen-bond donors (Lipinski definition) is 4. The van der Waals surface area contributed by atoms with Gasteiger partial charge in [0.1, 0.15) is 11.3 Å². The number of hydrogen-bond acceptors (Lipinski definition) is 4. The molecule has 110 valence electrons. The molecule has 0 unspecified atom stereocenters. The van der Waals surface area contributed by atoms with Crippen LogP contribution in [0.4, 0.5) is 5.69 Å². The van der Waals surface area contributed by atoms with Crippen LogP contribution in [0.25, 0.3) is 10.9 Å². The number of fused-ring (bicyclic) bond motifs is 1. The van der Waals surface area contributed by atoms with Crippen molar-refractivity contribution < 1.29 is 19.8 Å². The fraction of sp³-hybridized carbons (Fsp3) is 0. The molecule has 0 spiro atoms. The van der Waals surface area contributed by atoms with E-state index in [0.29, 0.717) is 5.39 Å². The number of nitrogens with one attached hydrogen (secondary N) is 2. The molecule has 0 aliphatic heterocycles. The third kappa shape index (κ3) is 2.35. The highest BCUT2D eigenvalue weighted by molar-refractivity contribution is 6.11. The van der Waals surface area contributed by atoms with E-state index in [1.165, 1.54) is 18.2 Å². The van der Waals surface area contributed by atoms with E-state index in [0.717, 1.165) is 5.52 Å². The van der Waals surface area contributed by atoms with Crippen molar-refractivity contribution in [2.45, 2.75) is 0 Å². The van der Waals surface area contributed by atoms with Crippen molar-refractivity contribution in [2.24, 2.45) is 0 Å².